The summed E-state index contributed by atoms with van der Waals surface area (Å²) < 4.78 is 27.5. The summed E-state index contributed by atoms with van der Waals surface area (Å²) in [6.45, 7) is 4.60. The lowest BCUT2D eigenvalue weighted by atomic mass is 9.83. The maximum atomic E-state index is 13.2. The fourth-order valence-electron chi connectivity index (χ4n) is 5.88. The second kappa shape index (κ2) is 14.2. The summed E-state index contributed by atoms with van der Waals surface area (Å²) >= 11 is 0. The summed E-state index contributed by atoms with van der Waals surface area (Å²) in [7, 11) is 1.18. The summed E-state index contributed by atoms with van der Waals surface area (Å²) in [5, 5.41) is 59.5. The molecule has 3 aliphatic rings. The highest BCUT2D eigenvalue weighted by Gasteiger charge is 2.48. The minimum absolute atomic E-state index is 0.0284. The molecule has 6 N–H and O–H groups in total. The molecule has 0 spiro atoms. The number of aliphatic hydroxyl groups excluding tert-OH is 6. The van der Waals surface area contributed by atoms with Gasteiger partial charge in [-0.2, -0.15) is 0 Å². The molecule has 13 heteroatoms. The van der Waals surface area contributed by atoms with Gasteiger partial charge in [0, 0.05) is 24.7 Å². The second-order valence-electron chi connectivity index (χ2n) is 10.7. The zero-order valence-electron chi connectivity index (χ0n) is 23.2. The monoisotopic (exact) mass is 574 g/mol. The molecule has 40 heavy (non-hydrogen) atoms. The first kappa shape index (κ1) is 32.4. The first-order valence-corrected chi connectivity index (χ1v) is 13.5. The van der Waals surface area contributed by atoms with Crippen LogP contribution >= 0.6 is 0 Å². The highest BCUT2D eigenvalue weighted by atomic mass is 16.8. The standard InChI is InChI=1S/C27H42O13/c1-5-14-16(7-21(31)38-19-6-15(12(2)8-28)17(9-29)13(19)3)18(25(35)36-4)11-37-26(14)40-27-24(34)23(33)22(32)20(10-30)39-27/h5,11-13,15-17,19-20,22-24,26-30,32-34H,6-10H2,1-4H3/b14-5-/t12?,13-,15-,16-,17+,19-,20+,22+,23-,24+,26-,27-/m0/s1. The summed E-state index contributed by atoms with van der Waals surface area (Å²) in [5.41, 5.74) is 0.344. The van der Waals surface area contributed by atoms with Gasteiger partial charge in [0.15, 0.2) is 6.29 Å². The van der Waals surface area contributed by atoms with E-state index in [4.69, 9.17) is 23.7 Å². The SMILES string of the molecule is C/C=C1\[C@H](O[C@@H]2O[C@H](CO)[C@@H](O)[C@H](O)[C@H]2O)OC=C(C(=O)OC)[C@H]1CC(=O)O[C@H]1C[C@@H](C(C)CO)[C@H](CO)[C@@H]1C. The predicted octanol–water partition coefficient (Wildman–Crippen LogP) is -1.03. The van der Waals surface area contributed by atoms with Gasteiger partial charge in [0.2, 0.25) is 6.29 Å². The van der Waals surface area contributed by atoms with E-state index in [-0.39, 0.29) is 48.9 Å². The van der Waals surface area contributed by atoms with Gasteiger partial charge in [-0.25, -0.2) is 4.79 Å². The number of rotatable bonds is 10. The molecule has 2 heterocycles. The molecule has 0 aromatic carbocycles. The zero-order valence-corrected chi connectivity index (χ0v) is 23.2. The molecule has 1 unspecified atom stereocenters. The number of carbonyl (C=O) groups excluding carboxylic acids is 2. The van der Waals surface area contributed by atoms with E-state index < -0.39 is 67.6 Å². The first-order valence-electron chi connectivity index (χ1n) is 13.5. The van der Waals surface area contributed by atoms with Gasteiger partial charge in [0.05, 0.1) is 32.0 Å². The van der Waals surface area contributed by atoms with Crippen molar-refractivity contribution in [2.75, 3.05) is 26.9 Å². The van der Waals surface area contributed by atoms with Crippen molar-refractivity contribution < 1.29 is 63.9 Å². The fourth-order valence-corrected chi connectivity index (χ4v) is 5.88. The molecular formula is C27H42O13. The number of hydrogen-bond donors (Lipinski definition) is 6. The van der Waals surface area contributed by atoms with Crippen LogP contribution in [-0.4, -0.2) is 113 Å². The van der Waals surface area contributed by atoms with Gasteiger partial charge >= 0.3 is 11.9 Å². The molecule has 0 aromatic rings. The molecule has 0 amide bonds. The quantitative estimate of drug-likeness (QED) is 0.137. The highest BCUT2D eigenvalue weighted by molar-refractivity contribution is 5.90. The molecule has 2 fully saturated rings. The number of methoxy groups -OCH3 is 1. The number of ether oxygens (including phenoxy) is 5. The average molecular weight is 575 g/mol. The van der Waals surface area contributed by atoms with Gasteiger partial charge in [-0.05, 0) is 37.0 Å². The van der Waals surface area contributed by atoms with Gasteiger partial charge < -0.3 is 54.3 Å². The minimum atomic E-state index is -1.69. The number of allylic oxidation sites excluding steroid dienone is 1. The van der Waals surface area contributed by atoms with E-state index in [1.165, 1.54) is 7.11 Å². The Morgan fingerprint density at radius 1 is 1.12 bits per heavy atom. The smallest absolute Gasteiger partial charge is 0.337 e. The molecule has 1 aliphatic carbocycles. The van der Waals surface area contributed by atoms with Gasteiger partial charge in [-0.15, -0.1) is 0 Å². The van der Waals surface area contributed by atoms with E-state index in [1.54, 1.807) is 13.0 Å². The lowest BCUT2D eigenvalue weighted by Gasteiger charge is -2.42. The number of carbonyl (C=O) groups is 2. The maximum absolute atomic E-state index is 13.2. The van der Waals surface area contributed by atoms with Crippen LogP contribution in [0.5, 0.6) is 0 Å². The lowest BCUT2D eigenvalue weighted by molar-refractivity contribution is -0.327. The maximum Gasteiger partial charge on any atom is 0.337 e. The van der Waals surface area contributed by atoms with Gasteiger partial charge in [-0.1, -0.05) is 19.9 Å². The molecule has 3 rings (SSSR count). The molecule has 228 valence electrons. The van der Waals surface area contributed by atoms with Crippen LogP contribution < -0.4 is 0 Å². The third-order valence-electron chi connectivity index (χ3n) is 8.43. The third kappa shape index (κ3) is 6.68. The summed E-state index contributed by atoms with van der Waals surface area (Å²) in [4.78, 5) is 25.8. The van der Waals surface area contributed by atoms with Crippen LogP contribution in [-0.2, 0) is 33.3 Å². The molecule has 0 bridgehead atoms. The molecule has 2 aliphatic heterocycles. The Bertz CT molecular complexity index is 933. The normalized spacial score (nSPS) is 39.8. The summed E-state index contributed by atoms with van der Waals surface area (Å²) in [5.74, 6) is -2.65. The van der Waals surface area contributed by atoms with Crippen molar-refractivity contribution in [3.8, 4) is 0 Å². The zero-order chi connectivity index (χ0) is 29.7. The topological polar surface area (TPSA) is 202 Å². The first-order chi connectivity index (χ1) is 19.0. The second-order valence-corrected chi connectivity index (χ2v) is 10.7. The van der Waals surface area contributed by atoms with Gasteiger partial charge in [0.25, 0.3) is 0 Å². The van der Waals surface area contributed by atoms with E-state index in [2.05, 4.69) is 0 Å². The Morgan fingerprint density at radius 3 is 2.40 bits per heavy atom. The van der Waals surface area contributed by atoms with Gasteiger partial charge in [0.1, 0.15) is 30.5 Å². The Labute approximate surface area is 232 Å². The molecular weight excluding hydrogens is 532 g/mol. The predicted molar refractivity (Wildman–Crippen MR) is 136 cm³/mol. The van der Waals surface area contributed by atoms with Crippen molar-refractivity contribution in [3.05, 3.63) is 23.5 Å². The lowest BCUT2D eigenvalue weighted by Crippen LogP contribution is -2.60. The Morgan fingerprint density at radius 2 is 1.82 bits per heavy atom. The minimum Gasteiger partial charge on any atom is -0.468 e. The Hall–Kier alpha value is -2.10. The summed E-state index contributed by atoms with van der Waals surface area (Å²) in [6, 6.07) is 0. The number of aliphatic hydroxyl groups is 6. The van der Waals surface area contributed by atoms with Crippen molar-refractivity contribution in [2.24, 2.45) is 29.6 Å². The molecule has 1 saturated carbocycles. The van der Waals surface area contributed by atoms with Crippen molar-refractivity contribution in [1.29, 1.82) is 0 Å². The van der Waals surface area contributed by atoms with Crippen LogP contribution in [0.4, 0.5) is 0 Å². The van der Waals surface area contributed by atoms with Crippen LogP contribution in [0.3, 0.4) is 0 Å². The Balaban J connectivity index is 1.78. The summed E-state index contributed by atoms with van der Waals surface area (Å²) in [6.07, 6.45) is -6.58. The number of hydrogen-bond acceptors (Lipinski definition) is 13. The van der Waals surface area contributed by atoms with E-state index in [0.717, 1.165) is 6.26 Å². The van der Waals surface area contributed by atoms with Crippen molar-refractivity contribution in [2.45, 2.75) is 76.7 Å². The molecule has 13 nitrogen and oxygen atoms in total. The molecule has 12 atom stereocenters. The molecule has 0 aromatic heterocycles. The van der Waals surface area contributed by atoms with Crippen molar-refractivity contribution >= 4 is 11.9 Å². The van der Waals surface area contributed by atoms with Crippen LogP contribution in [0.15, 0.2) is 23.5 Å². The number of esters is 2. The third-order valence-corrected chi connectivity index (χ3v) is 8.43. The van der Waals surface area contributed by atoms with E-state index >= 15 is 0 Å². The fraction of sp³-hybridized carbons (Fsp3) is 0.778. The van der Waals surface area contributed by atoms with E-state index in [1.807, 2.05) is 13.8 Å². The van der Waals surface area contributed by atoms with E-state index in [9.17, 15) is 40.2 Å². The van der Waals surface area contributed by atoms with E-state index in [0.29, 0.717) is 12.0 Å². The van der Waals surface area contributed by atoms with Crippen LogP contribution in [0, 0.1) is 29.6 Å². The van der Waals surface area contributed by atoms with Crippen molar-refractivity contribution in [1.82, 2.24) is 0 Å². The highest BCUT2D eigenvalue weighted by Crippen LogP contribution is 2.43. The van der Waals surface area contributed by atoms with Gasteiger partial charge in [-0.3, -0.25) is 4.79 Å². The molecule has 0 radical (unpaired) electrons. The van der Waals surface area contributed by atoms with Crippen LogP contribution in [0.1, 0.15) is 33.6 Å². The average Bonchev–Trinajstić information content (AvgIpc) is 3.26. The van der Waals surface area contributed by atoms with Crippen molar-refractivity contribution in [3.63, 3.8) is 0 Å². The molecule has 1 saturated heterocycles. The Kier molecular flexibility index (Phi) is 11.5. The largest absolute Gasteiger partial charge is 0.468 e. The van der Waals surface area contributed by atoms with Crippen LogP contribution in [0.2, 0.25) is 0 Å². The van der Waals surface area contributed by atoms with Crippen LogP contribution in [0.25, 0.3) is 0 Å².